The Hall–Kier alpha value is -2.31. The number of methoxy groups -OCH3 is 2. The summed E-state index contributed by atoms with van der Waals surface area (Å²) in [5.74, 6) is 1.82. The molecule has 0 fully saturated rings. The Morgan fingerprint density at radius 2 is 1.77 bits per heavy atom. The van der Waals surface area contributed by atoms with Crippen LogP contribution < -0.4 is 14.2 Å². The minimum absolute atomic E-state index is 0.275. The third-order valence-corrected chi connectivity index (χ3v) is 4.56. The summed E-state index contributed by atoms with van der Waals surface area (Å²) in [6, 6.07) is 9.69. The van der Waals surface area contributed by atoms with Crippen LogP contribution in [-0.2, 0) is 6.54 Å². The third kappa shape index (κ3) is 4.08. The van der Waals surface area contributed by atoms with Crippen molar-refractivity contribution >= 4 is 0 Å². The first-order valence-electron chi connectivity index (χ1n) is 8.65. The molecular weight excluding hydrogens is 337 g/mol. The highest BCUT2D eigenvalue weighted by molar-refractivity contribution is 5.51. The van der Waals surface area contributed by atoms with Crippen LogP contribution in [0.3, 0.4) is 0 Å². The van der Waals surface area contributed by atoms with E-state index in [4.69, 9.17) is 14.2 Å². The van der Waals surface area contributed by atoms with Crippen LogP contribution >= 0.6 is 0 Å². The summed E-state index contributed by atoms with van der Waals surface area (Å²) in [7, 11) is 3.23. The van der Waals surface area contributed by atoms with Gasteiger partial charge in [-0.15, -0.1) is 0 Å². The summed E-state index contributed by atoms with van der Waals surface area (Å²) in [6.45, 7) is 2.52. The topological polar surface area (TPSA) is 51.2 Å². The van der Waals surface area contributed by atoms with E-state index < -0.39 is 6.10 Å². The van der Waals surface area contributed by atoms with Gasteiger partial charge in [-0.3, -0.25) is 4.90 Å². The minimum atomic E-state index is -0.623. The second-order valence-electron chi connectivity index (χ2n) is 6.27. The SMILES string of the molecule is COc1ccc(OC)c2c1CN(CCCOc1ccc(F)cc1)C[C@H]2O. The zero-order chi connectivity index (χ0) is 18.5. The molecule has 0 saturated heterocycles. The van der Waals surface area contributed by atoms with Gasteiger partial charge in [-0.1, -0.05) is 0 Å². The number of rotatable bonds is 7. The average molecular weight is 361 g/mol. The number of β-amino-alcohol motifs (C(OH)–C–C–N with tert-alkyl or cyclic N) is 1. The number of fused-ring (bicyclic) bond motifs is 1. The summed E-state index contributed by atoms with van der Waals surface area (Å²) in [5.41, 5.74) is 1.77. The molecular formula is C20H24FNO4. The summed E-state index contributed by atoms with van der Waals surface area (Å²) < 4.78 is 29.4. The highest BCUT2D eigenvalue weighted by atomic mass is 19.1. The molecule has 1 aliphatic rings. The van der Waals surface area contributed by atoms with Crippen molar-refractivity contribution in [3.05, 3.63) is 53.3 Å². The molecule has 1 aliphatic heterocycles. The molecule has 0 aromatic heterocycles. The lowest BCUT2D eigenvalue weighted by molar-refractivity contribution is 0.0849. The van der Waals surface area contributed by atoms with E-state index in [1.807, 2.05) is 12.1 Å². The van der Waals surface area contributed by atoms with Crippen molar-refractivity contribution in [1.29, 1.82) is 0 Å². The monoisotopic (exact) mass is 361 g/mol. The van der Waals surface area contributed by atoms with E-state index in [1.165, 1.54) is 12.1 Å². The predicted octanol–water partition coefficient (Wildman–Crippen LogP) is 3.16. The highest BCUT2D eigenvalue weighted by Gasteiger charge is 2.29. The number of aliphatic hydroxyl groups excluding tert-OH is 1. The quantitative estimate of drug-likeness (QED) is 0.768. The standard InChI is InChI=1S/C20H24FNO4/c1-24-18-8-9-19(25-2)20-16(18)12-22(13-17(20)23)10-3-11-26-15-6-4-14(21)5-7-15/h4-9,17,23H,3,10-13H2,1-2H3/t17-/m1/s1. The molecule has 0 radical (unpaired) electrons. The van der Waals surface area contributed by atoms with Gasteiger partial charge < -0.3 is 19.3 Å². The molecule has 26 heavy (non-hydrogen) atoms. The molecule has 140 valence electrons. The molecule has 5 nitrogen and oxygen atoms in total. The lowest BCUT2D eigenvalue weighted by Crippen LogP contribution is -2.35. The van der Waals surface area contributed by atoms with E-state index in [0.29, 0.717) is 31.2 Å². The average Bonchev–Trinajstić information content (AvgIpc) is 2.65. The van der Waals surface area contributed by atoms with Crippen LogP contribution in [0.25, 0.3) is 0 Å². The maximum Gasteiger partial charge on any atom is 0.125 e. The molecule has 0 unspecified atom stereocenters. The Morgan fingerprint density at radius 1 is 1.08 bits per heavy atom. The molecule has 1 N–H and O–H groups in total. The molecule has 1 atom stereocenters. The number of nitrogens with zero attached hydrogens (tertiary/aromatic N) is 1. The molecule has 0 saturated carbocycles. The molecule has 1 heterocycles. The number of benzene rings is 2. The van der Waals surface area contributed by atoms with Crippen LogP contribution in [0.5, 0.6) is 17.2 Å². The van der Waals surface area contributed by atoms with Crippen molar-refractivity contribution in [2.45, 2.75) is 19.1 Å². The summed E-state index contributed by atoms with van der Waals surface area (Å²) in [5, 5.41) is 10.6. The van der Waals surface area contributed by atoms with Crippen molar-refractivity contribution in [2.75, 3.05) is 33.9 Å². The first-order valence-corrected chi connectivity index (χ1v) is 8.65. The smallest absolute Gasteiger partial charge is 0.125 e. The van der Waals surface area contributed by atoms with Crippen molar-refractivity contribution in [2.24, 2.45) is 0 Å². The summed E-state index contributed by atoms with van der Waals surface area (Å²) in [6.07, 6.45) is 0.174. The number of aliphatic hydroxyl groups is 1. The van der Waals surface area contributed by atoms with E-state index in [0.717, 1.165) is 29.8 Å². The molecule has 3 rings (SSSR count). The maximum atomic E-state index is 12.9. The zero-order valence-corrected chi connectivity index (χ0v) is 15.1. The predicted molar refractivity (Wildman–Crippen MR) is 96.3 cm³/mol. The Morgan fingerprint density at radius 3 is 2.46 bits per heavy atom. The van der Waals surface area contributed by atoms with E-state index in [1.54, 1.807) is 26.4 Å². The van der Waals surface area contributed by atoms with Gasteiger partial charge >= 0.3 is 0 Å². The van der Waals surface area contributed by atoms with E-state index >= 15 is 0 Å². The first kappa shape index (κ1) is 18.5. The van der Waals surface area contributed by atoms with Crippen molar-refractivity contribution in [1.82, 2.24) is 4.90 Å². The Labute approximate surface area is 152 Å². The van der Waals surface area contributed by atoms with Crippen LogP contribution in [0.4, 0.5) is 4.39 Å². The van der Waals surface area contributed by atoms with Gasteiger partial charge in [0.1, 0.15) is 23.1 Å². The van der Waals surface area contributed by atoms with E-state index in [2.05, 4.69) is 4.90 Å². The summed E-state index contributed by atoms with van der Waals surface area (Å²) in [4.78, 5) is 2.17. The molecule has 0 bridgehead atoms. The van der Waals surface area contributed by atoms with Crippen molar-refractivity contribution < 1.29 is 23.7 Å². The molecule has 0 spiro atoms. The molecule has 6 heteroatoms. The fourth-order valence-corrected chi connectivity index (χ4v) is 3.32. The maximum absolute atomic E-state index is 12.9. The normalized spacial score (nSPS) is 16.8. The Bertz CT molecular complexity index is 735. The minimum Gasteiger partial charge on any atom is -0.496 e. The summed E-state index contributed by atoms with van der Waals surface area (Å²) >= 11 is 0. The zero-order valence-electron chi connectivity index (χ0n) is 15.1. The highest BCUT2D eigenvalue weighted by Crippen LogP contribution is 2.39. The molecule has 0 amide bonds. The van der Waals surface area contributed by atoms with Gasteiger partial charge in [0.2, 0.25) is 0 Å². The second-order valence-corrected chi connectivity index (χ2v) is 6.27. The van der Waals surface area contributed by atoms with Gasteiger partial charge in [-0.2, -0.15) is 0 Å². The number of ether oxygens (including phenoxy) is 3. The van der Waals surface area contributed by atoms with Crippen LogP contribution in [0.2, 0.25) is 0 Å². The van der Waals surface area contributed by atoms with Crippen LogP contribution in [0.15, 0.2) is 36.4 Å². The van der Waals surface area contributed by atoms with Gasteiger partial charge in [0.25, 0.3) is 0 Å². The largest absolute Gasteiger partial charge is 0.496 e. The van der Waals surface area contributed by atoms with Crippen molar-refractivity contribution in [3.8, 4) is 17.2 Å². The van der Waals surface area contributed by atoms with Gasteiger partial charge in [0.05, 0.1) is 26.9 Å². The van der Waals surface area contributed by atoms with Crippen LogP contribution in [0.1, 0.15) is 23.7 Å². The fraction of sp³-hybridized carbons (Fsp3) is 0.400. The lowest BCUT2D eigenvalue weighted by atomic mass is 9.95. The van der Waals surface area contributed by atoms with Gasteiger partial charge in [-0.05, 0) is 42.8 Å². The number of hydrogen-bond donors (Lipinski definition) is 1. The second kappa shape index (κ2) is 8.38. The molecule has 2 aromatic rings. The fourth-order valence-electron chi connectivity index (χ4n) is 3.32. The van der Waals surface area contributed by atoms with E-state index in [9.17, 15) is 9.50 Å². The molecule has 2 aromatic carbocycles. The molecule has 0 aliphatic carbocycles. The van der Waals surface area contributed by atoms with Gasteiger partial charge in [0, 0.05) is 30.8 Å². The third-order valence-electron chi connectivity index (χ3n) is 4.56. The van der Waals surface area contributed by atoms with Gasteiger partial charge in [-0.25, -0.2) is 4.39 Å². The van der Waals surface area contributed by atoms with Crippen LogP contribution in [0, 0.1) is 5.82 Å². The Balaban J connectivity index is 1.59. The Kier molecular flexibility index (Phi) is 5.96. The van der Waals surface area contributed by atoms with Gasteiger partial charge in [0.15, 0.2) is 0 Å². The lowest BCUT2D eigenvalue weighted by Gasteiger charge is -2.33. The van der Waals surface area contributed by atoms with Crippen molar-refractivity contribution in [3.63, 3.8) is 0 Å². The number of hydrogen-bond acceptors (Lipinski definition) is 5. The van der Waals surface area contributed by atoms with E-state index in [-0.39, 0.29) is 5.82 Å². The number of halogens is 1. The van der Waals surface area contributed by atoms with Crippen LogP contribution in [-0.4, -0.2) is 43.9 Å². The first-order chi connectivity index (χ1) is 12.6.